The molecule has 0 fully saturated rings. The van der Waals surface area contributed by atoms with E-state index in [0.717, 1.165) is 24.3 Å². The van der Waals surface area contributed by atoms with Gasteiger partial charge < -0.3 is 10.1 Å². The molecule has 0 saturated heterocycles. The molecule has 1 aromatic rings. The Balaban J connectivity index is 2.50. The molecule has 0 bridgehead atoms. The summed E-state index contributed by atoms with van der Waals surface area (Å²) in [6.07, 6.45) is 0.857. The first-order chi connectivity index (χ1) is 9.17. The maximum Gasteiger partial charge on any atom is 0.210 e. The summed E-state index contributed by atoms with van der Waals surface area (Å²) >= 11 is 6.05. The zero-order chi connectivity index (χ0) is 14.1. The number of nitrogens with two attached hydrogens (primary N) is 1. The molecule has 0 aliphatic rings. The number of ether oxygens (including phenoxy) is 1. The maximum absolute atomic E-state index is 6.05. The number of hydrogen-bond acceptors (Lipinski definition) is 3. The number of nitrogens with one attached hydrogen (secondary N) is 2. The molecule has 4 N–H and O–H groups in total. The summed E-state index contributed by atoms with van der Waals surface area (Å²) in [5, 5.41) is 3.78. The molecule has 1 rings (SSSR count). The van der Waals surface area contributed by atoms with Crippen LogP contribution in [0.5, 0.6) is 0 Å². The number of nitrogens with zero attached hydrogens (tertiary/aromatic N) is 1. The van der Waals surface area contributed by atoms with E-state index in [2.05, 4.69) is 15.7 Å². The molecular weight excluding hydrogens is 264 g/mol. The predicted octanol–water partition coefficient (Wildman–Crippen LogP) is 2.31. The Morgan fingerprint density at radius 1 is 1.47 bits per heavy atom. The number of halogens is 1. The highest BCUT2D eigenvalue weighted by molar-refractivity contribution is 6.31. The lowest BCUT2D eigenvalue weighted by molar-refractivity contribution is 0.146. The van der Waals surface area contributed by atoms with E-state index in [1.165, 1.54) is 0 Å². The van der Waals surface area contributed by atoms with Gasteiger partial charge in [-0.25, -0.2) is 5.84 Å². The van der Waals surface area contributed by atoms with Gasteiger partial charge in [0.2, 0.25) is 5.96 Å². The van der Waals surface area contributed by atoms with Crippen LogP contribution in [0.3, 0.4) is 0 Å². The molecule has 0 aliphatic carbocycles. The third-order valence-electron chi connectivity index (χ3n) is 2.49. The van der Waals surface area contributed by atoms with Gasteiger partial charge in [-0.15, -0.1) is 0 Å². The van der Waals surface area contributed by atoms with Crippen LogP contribution in [-0.2, 0) is 4.74 Å². The van der Waals surface area contributed by atoms with E-state index in [-0.39, 0.29) is 0 Å². The van der Waals surface area contributed by atoms with E-state index >= 15 is 0 Å². The molecule has 0 saturated carbocycles. The zero-order valence-corrected chi connectivity index (χ0v) is 12.1. The predicted molar refractivity (Wildman–Crippen MR) is 80.5 cm³/mol. The number of benzene rings is 1. The van der Waals surface area contributed by atoms with Gasteiger partial charge in [0.25, 0.3) is 0 Å². The number of hydrazine groups is 1. The Morgan fingerprint density at radius 2 is 2.26 bits per heavy atom. The highest BCUT2D eigenvalue weighted by atomic mass is 35.5. The number of aliphatic imine (C=N–C) groups is 1. The van der Waals surface area contributed by atoms with Gasteiger partial charge in [0.05, 0.1) is 0 Å². The fourth-order valence-corrected chi connectivity index (χ4v) is 1.61. The second kappa shape index (κ2) is 8.74. The van der Waals surface area contributed by atoms with Crippen LogP contribution >= 0.6 is 11.6 Å². The maximum atomic E-state index is 6.05. The molecule has 19 heavy (non-hydrogen) atoms. The minimum absolute atomic E-state index is 0.511. The SMILES string of the molecule is CCOCCCN=C(NN)Nc1ccc(C)c(Cl)c1. The number of rotatable bonds is 6. The lowest BCUT2D eigenvalue weighted by Crippen LogP contribution is -2.36. The molecule has 0 atom stereocenters. The quantitative estimate of drug-likeness (QED) is 0.246. The summed E-state index contributed by atoms with van der Waals surface area (Å²) < 4.78 is 5.24. The van der Waals surface area contributed by atoms with Crippen molar-refractivity contribution in [3.63, 3.8) is 0 Å². The molecule has 106 valence electrons. The molecular formula is C13H21ClN4O. The number of hydrogen-bond donors (Lipinski definition) is 3. The Hall–Kier alpha value is -1.30. The highest BCUT2D eigenvalue weighted by Crippen LogP contribution is 2.19. The average molecular weight is 285 g/mol. The van der Waals surface area contributed by atoms with Crippen molar-refractivity contribution in [1.29, 1.82) is 0 Å². The summed E-state index contributed by atoms with van der Waals surface area (Å²) in [6.45, 7) is 6.00. The van der Waals surface area contributed by atoms with Crippen LogP contribution in [0.25, 0.3) is 0 Å². The first-order valence-electron chi connectivity index (χ1n) is 6.29. The summed E-state index contributed by atoms with van der Waals surface area (Å²) in [5.41, 5.74) is 4.41. The Labute approximate surface area is 119 Å². The number of guanidine groups is 1. The van der Waals surface area contributed by atoms with E-state index < -0.39 is 0 Å². The lowest BCUT2D eigenvalue weighted by Gasteiger charge is -2.10. The van der Waals surface area contributed by atoms with Gasteiger partial charge in [-0.2, -0.15) is 0 Å². The van der Waals surface area contributed by atoms with Crippen molar-refractivity contribution in [3.05, 3.63) is 28.8 Å². The monoisotopic (exact) mass is 284 g/mol. The van der Waals surface area contributed by atoms with Crippen molar-refractivity contribution in [2.75, 3.05) is 25.1 Å². The molecule has 0 heterocycles. The molecule has 0 radical (unpaired) electrons. The van der Waals surface area contributed by atoms with Crippen LogP contribution in [-0.4, -0.2) is 25.7 Å². The molecule has 0 aliphatic heterocycles. The first-order valence-corrected chi connectivity index (χ1v) is 6.67. The van der Waals surface area contributed by atoms with Crippen LogP contribution in [0.4, 0.5) is 5.69 Å². The van der Waals surface area contributed by atoms with Gasteiger partial charge in [-0.1, -0.05) is 17.7 Å². The summed E-state index contributed by atoms with van der Waals surface area (Å²) in [4.78, 5) is 4.31. The Morgan fingerprint density at radius 3 is 2.89 bits per heavy atom. The molecule has 5 nitrogen and oxygen atoms in total. The van der Waals surface area contributed by atoms with Crippen LogP contribution < -0.4 is 16.6 Å². The van der Waals surface area contributed by atoms with Crippen molar-refractivity contribution in [2.24, 2.45) is 10.8 Å². The molecule has 1 aromatic carbocycles. The van der Waals surface area contributed by atoms with E-state index in [4.69, 9.17) is 22.2 Å². The van der Waals surface area contributed by atoms with Gasteiger partial charge in [0, 0.05) is 30.5 Å². The second-order valence-electron chi connectivity index (χ2n) is 4.01. The minimum Gasteiger partial charge on any atom is -0.382 e. The largest absolute Gasteiger partial charge is 0.382 e. The lowest BCUT2D eigenvalue weighted by atomic mass is 10.2. The van der Waals surface area contributed by atoms with Crippen molar-refractivity contribution >= 4 is 23.2 Å². The second-order valence-corrected chi connectivity index (χ2v) is 4.42. The topological polar surface area (TPSA) is 71.7 Å². The van der Waals surface area contributed by atoms with Gasteiger partial charge in [-0.05, 0) is 38.0 Å². The fraction of sp³-hybridized carbons (Fsp3) is 0.462. The Kier molecular flexibility index (Phi) is 7.25. The summed E-state index contributed by atoms with van der Waals surface area (Å²) in [6, 6.07) is 5.70. The number of aryl methyl sites for hydroxylation is 1. The average Bonchev–Trinajstić information content (AvgIpc) is 2.41. The van der Waals surface area contributed by atoms with Crippen LogP contribution in [0, 0.1) is 6.92 Å². The van der Waals surface area contributed by atoms with E-state index in [1.807, 2.05) is 32.0 Å². The Bertz CT molecular complexity index is 423. The first kappa shape index (κ1) is 15.8. The van der Waals surface area contributed by atoms with E-state index in [1.54, 1.807) is 0 Å². The summed E-state index contributed by atoms with van der Waals surface area (Å²) in [7, 11) is 0. The molecule has 0 spiro atoms. The smallest absolute Gasteiger partial charge is 0.210 e. The van der Waals surface area contributed by atoms with Crippen molar-refractivity contribution in [1.82, 2.24) is 5.43 Å². The molecule has 0 unspecified atom stereocenters. The third-order valence-corrected chi connectivity index (χ3v) is 2.90. The standard InChI is InChI=1S/C13H21ClN4O/c1-3-19-8-4-7-16-13(18-15)17-11-6-5-10(2)12(14)9-11/h5-6,9H,3-4,7-8,15H2,1-2H3,(H2,16,17,18). The van der Waals surface area contributed by atoms with Gasteiger partial charge in [-0.3, -0.25) is 10.4 Å². The minimum atomic E-state index is 0.511. The normalized spacial score (nSPS) is 11.5. The molecule has 0 amide bonds. The highest BCUT2D eigenvalue weighted by Gasteiger charge is 2.00. The van der Waals surface area contributed by atoms with Crippen LogP contribution in [0.2, 0.25) is 5.02 Å². The van der Waals surface area contributed by atoms with Crippen LogP contribution in [0.1, 0.15) is 18.9 Å². The number of anilines is 1. The fourth-order valence-electron chi connectivity index (χ4n) is 1.43. The molecule has 6 heteroatoms. The van der Waals surface area contributed by atoms with Gasteiger partial charge in [0.15, 0.2) is 0 Å². The van der Waals surface area contributed by atoms with Crippen molar-refractivity contribution in [3.8, 4) is 0 Å². The van der Waals surface area contributed by atoms with Gasteiger partial charge >= 0.3 is 0 Å². The van der Waals surface area contributed by atoms with Gasteiger partial charge in [0.1, 0.15) is 0 Å². The van der Waals surface area contributed by atoms with Crippen molar-refractivity contribution in [2.45, 2.75) is 20.3 Å². The van der Waals surface area contributed by atoms with E-state index in [0.29, 0.717) is 24.1 Å². The summed E-state index contributed by atoms with van der Waals surface area (Å²) in [5.74, 6) is 5.93. The van der Waals surface area contributed by atoms with E-state index in [9.17, 15) is 0 Å². The van der Waals surface area contributed by atoms with Crippen molar-refractivity contribution < 1.29 is 4.74 Å². The third kappa shape index (κ3) is 5.92. The zero-order valence-electron chi connectivity index (χ0n) is 11.4. The van der Waals surface area contributed by atoms with Crippen LogP contribution in [0.15, 0.2) is 23.2 Å². The molecule has 0 aromatic heterocycles.